The minimum atomic E-state index is -0.192. The highest BCUT2D eigenvalue weighted by Gasteiger charge is 2.28. The van der Waals surface area contributed by atoms with Crippen molar-refractivity contribution in [2.45, 2.75) is 33.4 Å². The van der Waals surface area contributed by atoms with E-state index < -0.39 is 0 Å². The maximum atomic E-state index is 12.4. The number of amides is 2. The first-order valence-electron chi connectivity index (χ1n) is 8.14. The zero-order chi connectivity index (χ0) is 18.4. The fraction of sp³-hybridized carbons (Fsp3) is 0.421. The van der Waals surface area contributed by atoms with Crippen LogP contribution >= 0.6 is 11.3 Å². The number of thiophene rings is 1. The summed E-state index contributed by atoms with van der Waals surface area (Å²) in [6.45, 7) is 6.76. The summed E-state index contributed by atoms with van der Waals surface area (Å²) >= 11 is 1.65. The first-order chi connectivity index (χ1) is 11.8. The Morgan fingerprint density at radius 1 is 1.16 bits per heavy atom. The van der Waals surface area contributed by atoms with Crippen molar-refractivity contribution >= 4 is 17.4 Å². The van der Waals surface area contributed by atoms with E-state index in [1.807, 2.05) is 29.6 Å². The standard InChI is InChI=1S/C19H26N2O3S/c1-19(2,3)17(16-7-6-10-25-16)21-18(22)20-12-13-8-9-14(23-4)15(11-13)24-5/h6-11,17H,12H2,1-5H3,(H2,20,21,22)/t17-/m1/s1. The molecular weight excluding hydrogens is 336 g/mol. The van der Waals surface area contributed by atoms with Gasteiger partial charge >= 0.3 is 6.03 Å². The minimum absolute atomic E-state index is 0.0436. The van der Waals surface area contributed by atoms with E-state index in [0.29, 0.717) is 18.0 Å². The Hall–Kier alpha value is -2.21. The molecule has 25 heavy (non-hydrogen) atoms. The highest BCUT2D eigenvalue weighted by molar-refractivity contribution is 7.10. The van der Waals surface area contributed by atoms with Gasteiger partial charge in [0, 0.05) is 11.4 Å². The van der Waals surface area contributed by atoms with Gasteiger partial charge in [0.15, 0.2) is 11.5 Å². The SMILES string of the molecule is COc1ccc(CNC(=O)N[C@H](c2cccs2)C(C)(C)C)cc1OC. The normalized spacial score (nSPS) is 12.4. The fourth-order valence-corrected chi connectivity index (χ4v) is 3.54. The van der Waals surface area contributed by atoms with Gasteiger partial charge in [-0.3, -0.25) is 0 Å². The molecule has 2 amide bonds. The highest BCUT2D eigenvalue weighted by atomic mass is 32.1. The topological polar surface area (TPSA) is 59.6 Å². The number of ether oxygens (including phenoxy) is 2. The zero-order valence-corrected chi connectivity index (χ0v) is 16.2. The van der Waals surface area contributed by atoms with Gasteiger partial charge in [0.1, 0.15) is 0 Å². The predicted octanol–water partition coefficient (Wildman–Crippen LogP) is 4.35. The number of nitrogens with one attached hydrogen (secondary N) is 2. The molecule has 0 saturated carbocycles. The number of benzene rings is 1. The molecule has 2 N–H and O–H groups in total. The van der Waals surface area contributed by atoms with Crippen molar-refractivity contribution in [2.75, 3.05) is 14.2 Å². The summed E-state index contributed by atoms with van der Waals surface area (Å²) in [5.41, 5.74) is 0.863. The van der Waals surface area contributed by atoms with Crippen LogP contribution in [0.15, 0.2) is 35.7 Å². The molecule has 0 radical (unpaired) electrons. The molecular formula is C19H26N2O3S. The molecule has 0 spiro atoms. The number of urea groups is 1. The van der Waals surface area contributed by atoms with E-state index in [4.69, 9.17) is 9.47 Å². The quantitative estimate of drug-likeness (QED) is 0.803. The summed E-state index contributed by atoms with van der Waals surface area (Å²) in [7, 11) is 3.19. The monoisotopic (exact) mass is 362 g/mol. The lowest BCUT2D eigenvalue weighted by molar-refractivity contribution is 0.219. The fourth-order valence-electron chi connectivity index (χ4n) is 2.52. The Morgan fingerprint density at radius 2 is 1.88 bits per heavy atom. The van der Waals surface area contributed by atoms with Crippen molar-refractivity contribution in [1.82, 2.24) is 10.6 Å². The minimum Gasteiger partial charge on any atom is -0.493 e. The second kappa shape index (κ2) is 8.25. The largest absolute Gasteiger partial charge is 0.493 e. The molecule has 5 nitrogen and oxygen atoms in total. The summed E-state index contributed by atoms with van der Waals surface area (Å²) in [5, 5.41) is 8.02. The van der Waals surface area contributed by atoms with Gasteiger partial charge in [0.05, 0.1) is 20.3 Å². The average molecular weight is 362 g/mol. The van der Waals surface area contributed by atoms with E-state index in [1.165, 1.54) is 0 Å². The predicted molar refractivity (Wildman–Crippen MR) is 101 cm³/mol. The number of hydrogen-bond donors (Lipinski definition) is 2. The van der Waals surface area contributed by atoms with Crippen molar-refractivity contribution in [1.29, 1.82) is 0 Å². The van der Waals surface area contributed by atoms with E-state index >= 15 is 0 Å². The van der Waals surface area contributed by atoms with Gasteiger partial charge in [-0.15, -0.1) is 11.3 Å². The van der Waals surface area contributed by atoms with Crippen LogP contribution in [0.2, 0.25) is 0 Å². The van der Waals surface area contributed by atoms with Crippen LogP contribution in [0.1, 0.15) is 37.3 Å². The molecule has 2 aromatic rings. The van der Waals surface area contributed by atoms with Crippen LogP contribution in [-0.2, 0) is 6.54 Å². The van der Waals surface area contributed by atoms with Crippen LogP contribution in [0.5, 0.6) is 11.5 Å². The lowest BCUT2D eigenvalue weighted by Gasteiger charge is -2.30. The number of carbonyl (C=O) groups excluding carboxylic acids is 1. The lowest BCUT2D eigenvalue weighted by Crippen LogP contribution is -2.42. The van der Waals surface area contributed by atoms with Crippen LogP contribution in [-0.4, -0.2) is 20.3 Å². The van der Waals surface area contributed by atoms with Gasteiger partial charge in [0.2, 0.25) is 0 Å². The van der Waals surface area contributed by atoms with Gasteiger partial charge in [-0.2, -0.15) is 0 Å². The maximum Gasteiger partial charge on any atom is 0.315 e. The summed E-state index contributed by atoms with van der Waals surface area (Å²) in [6, 6.07) is 9.41. The van der Waals surface area contributed by atoms with E-state index in [0.717, 1.165) is 10.4 Å². The molecule has 0 bridgehead atoms. The molecule has 0 unspecified atom stereocenters. The Bertz CT molecular complexity index is 693. The van der Waals surface area contributed by atoms with Gasteiger partial charge in [-0.1, -0.05) is 32.9 Å². The second-order valence-electron chi connectivity index (χ2n) is 6.83. The number of carbonyl (C=O) groups is 1. The van der Waals surface area contributed by atoms with E-state index in [9.17, 15) is 4.79 Å². The number of methoxy groups -OCH3 is 2. The van der Waals surface area contributed by atoms with Gasteiger partial charge in [0.25, 0.3) is 0 Å². The van der Waals surface area contributed by atoms with Crippen molar-refractivity contribution in [3.05, 3.63) is 46.2 Å². The molecule has 0 fully saturated rings. The molecule has 1 aromatic carbocycles. The molecule has 0 aliphatic heterocycles. The smallest absolute Gasteiger partial charge is 0.315 e. The summed E-state index contributed by atoms with van der Waals surface area (Å²) in [6.07, 6.45) is 0. The third-order valence-electron chi connectivity index (χ3n) is 3.87. The maximum absolute atomic E-state index is 12.4. The molecule has 6 heteroatoms. The summed E-state index contributed by atoms with van der Waals surface area (Å²) in [5.74, 6) is 1.31. The number of hydrogen-bond acceptors (Lipinski definition) is 4. The number of rotatable bonds is 6. The van der Waals surface area contributed by atoms with Crippen molar-refractivity contribution in [3.63, 3.8) is 0 Å². The van der Waals surface area contributed by atoms with E-state index in [-0.39, 0.29) is 17.5 Å². The average Bonchev–Trinajstić information content (AvgIpc) is 3.10. The van der Waals surface area contributed by atoms with Gasteiger partial charge in [-0.25, -0.2) is 4.79 Å². The van der Waals surface area contributed by atoms with Crippen molar-refractivity contribution in [2.24, 2.45) is 5.41 Å². The Morgan fingerprint density at radius 3 is 2.44 bits per heavy atom. The van der Waals surface area contributed by atoms with E-state index in [1.54, 1.807) is 25.6 Å². The van der Waals surface area contributed by atoms with Crippen molar-refractivity contribution < 1.29 is 14.3 Å². The van der Waals surface area contributed by atoms with Gasteiger partial charge < -0.3 is 20.1 Å². The first kappa shape index (κ1) is 19.1. The molecule has 0 aliphatic rings. The molecule has 136 valence electrons. The van der Waals surface area contributed by atoms with Crippen molar-refractivity contribution in [3.8, 4) is 11.5 Å². The second-order valence-corrected chi connectivity index (χ2v) is 7.81. The van der Waals surface area contributed by atoms with Crippen LogP contribution in [0.3, 0.4) is 0 Å². The van der Waals surface area contributed by atoms with Crippen LogP contribution in [0.25, 0.3) is 0 Å². The third-order valence-corrected chi connectivity index (χ3v) is 4.81. The highest BCUT2D eigenvalue weighted by Crippen LogP contribution is 2.35. The zero-order valence-electron chi connectivity index (χ0n) is 15.4. The van der Waals surface area contributed by atoms with Crippen LogP contribution < -0.4 is 20.1 Å². The molecule has 1 atom stereocenters. The molecule has 2 rings (SSSR count). The van der Waals surface area contributed by atoms with Crippen LogP contribution in [0, 0.1) is 5.41 Å². The molecule has 0 aliphatic carbocycles. The Balaban J connectivity index is 2.00. The summed E-state index contributed by atoms with van der Waals surface area (Å²) in [4.78, 5) is 13.5. The molecule has 0 saturated heterocycles. The van der Waals surface area contributed by atoms with E-state index in [2.05, 4.69) is 37.5 Å². The van der Waals surface area contributed by atoms with Gasteiger partial charge in [-0.05, 0) is 34.6 Å². The third kappa shape index (κ3) is 5.13. The Labute approximate surface area is 153 Å². The van der Waals surface area contributed by atoms with Crippen LogP contribution in [0.4, 0.5) is 4.79 Å². The molecule has 1 heterocycles. The lowest BCUT2D eigenvalue weighted by atomic mass is 9.86. The first-order valence-corrected chi connectivity index (χ1v) is 9.01. The summed E-state index contributed by atoms with van der Waals surface area (Å²) < 4.78 is 10.5. The Kier molecular flexibility index (Phi) is 6.31. The molecule has 1 aromatic heterocycles.